The fourth-order valence-electron chi connectivity index (χ4n) is 4.14. The first kappa shape index (κ1) is 22.3. The molecular weight excluding hydrogens is 418 g/mol. The third-order valence-electron chi connectivity index (χ3n) is 5.98. The van der Waals surface area contributed by atoms with Crippen LogP contribution >= 0.6 is 0 Å². The van der Waals surface area contributed by atoms with Crippen LogP contribution in [0.25, 0.3) is 5.76 Å². The molecule has 1 saturated heterocycles. The fourth-order valence-corrected chi connectivity index (χ4v) is 4.14. The van der Waals surface area contributed by atoms with Crippen LogP contribution in [0.1, 0.15) is 36.1 Å². The minimum absolute atomic E-state index is 0.108. The van der Waals surface area contributed by atoms with Crippen LogP contribution in [-0.2, 0) is 22.6 Å². The van der Waals surface area contributed by atoms with Crippen molar-refractivity contribution in [2.75, 3.05) is 13.7 Å². The van der Waals surface area contributed by atoms with Crippen molar-refractivity contribution in [2.24, 2.45) is 0 Å². The topological polar surface area (TPSA) is 84.7 Å². The van der Waals surface area contributed by atoms with E-state index in [0.717, 1.165) is 17.5 Å². The van der Waals surface area contributed by atoms with Crippen molar-refractivity contribution >= 4 is 17.4 Å². The van der Waals surface area contributed by atoms with Gasteiger partial charge in [-0.15, -0.1) is 0 Å². The number of nitrogens with zero attached hydrogens (tertiary/aromatic N) is 3. The number of methoxy groups -OCH3 is 1. The van der Waals surface area contributed by atoms with Gasteiger partial charge >= 0.3 is 0 Å². The van der Waals surface area contributed by atoms with Crippen molar-refractivity contribution in [3.63, 3.8) is 0 Å². The third-order valence-corrected chi connectivity index (χ3v) is 5.98. The molecule has 1 amide bonds. The van der Waals surface area contributed by atoms with Crippen molar-refractivity contribution in [2.45, 2.75) is 32.4 Å². The molecule has 7 nitrogen and oxygen atoms in total. The highest BCUT2D eigenvalue weighted by Crippen LogP contribution is 2.39. The Kier molecular flexibility index (Phi) is 6.58. The van der Waals surface area contributed by atoms with Crippen LogP contribution in [0.15, 0.2) is 72.8 Å². The normalized spacial score (nSPS) is 17.5. The van der Waals surface area contributed by atoms with Gasteiger partial charge in [-0.3, -0.25) is 9.59 Å². The minimum Gasteiger partial charge on any atom is -0.507 e. The summed E-state index contributed by atoms with van der Waals surface area (Å²) in [5.41, 5.74) is 2.52. The SMILES string of the molecule is CCc1ccc(C2C(=C(O)c3ccc(OC)cc3)C(=O)C(=O)N2CCCn2ccnc2)cc1. The van der Waals surface area contributed by atoms with Gasteiger partial charge in [-0.05, 0) is 48.2 Å². The highest BCUT2D eigenvalue weighted by atomic mass is 16.5. The Labute approximate surface area is 192 Å². The van der Waals surface area contributed by atoms with Gasteiger partial charge in [-0.1, -0.05) is 31.2 Å². The lowest BCUT2D eigenvalue weighted by Gasteiger charge is -2.25. The van der Waals surface area contributed by atoms with Crippen LogP contribution in [0.2, 0.25) is 0 Å². The van der Waals surface area contributed by atoms with Gasteiger partial charge in [0.2, 0.25) is 0 Å². The Morgan fingerprint density at radius 2 is 1.79 bits per heavy atom. The third kappa shape index (κ3) is 4.53. The quantitative estimate of drug-likeness (QED) is 0.322. The summed E-state index contributed by atoms with van der Waals surface area (Å²) in [7, 11) is 1.56. The number of aryl methyl sites for hydroxylation is 2. The number of benzene rings is 2. The Hall–Kier alpha value is -3.87. The lowest BCUT2D eigenvalue weighted by atomic mass is 9.94. The second-order valence-corrected chi connectivity index (χ2v) is 7.97. The Morgan fingerprint density at radius 3 is 2.39 bits per heavy atom. The van der Waals surface area contributed by atoms with Gasteiger partial charge in [0, 0.05) is 31.0 Å². The second kappa shape index (κ2) is 9.73. The highest BCUT2D eigenvalue weighted by Gasteiger charge is 2.45. The number of ketones is 1. The largest absolute Gasteiger partial charge is 0.507 e. The predicted octanol–water partition coefficient (Wildman–Crippen LogP) is 3.97. The van der Waals surface area contributed by atoms with Crippen molar-refractivity contribution < 1.29 is 19.4 Å². The number of hydrogen-bond donors (Lipinski definition) is 1. The zero-order chi connectivity index (χ0) is 23.4. The summed E-state index contributed by atoms with van der Waals surface area (Å²) in [4.78, 5) is 31.7. The fraction of sp³-hybridized carbons (Fsp3) is 0.269. The van der Waals surface area contributed by atoms with Crippen molar-refractivity contribution in [1.29, 1.82) is 0 Å². The van der Waals surface area contributed by atoms with E-state index >= 15 is 0 Å². The van der Waals surface area contributed by atoms with Gasteiger partial charge < -0.3 is 19.3 Å². The number of aliphatic hydroxyl groups excluding tert-OH is 1. The van der Waals surface area contributed by atoms with Gasteiger partial charge in [-0.25, -0.2) is 4.98 Å². The standard InChI is InChI=1S/C26H27N3O4/c1-3-18-5-7-19(8-6-18)23-22(24(30)20-9-11-21(33-2)12-10-20)25(31)26(32)29(23)15-4-14-28-16-13-27-17-28/h5-13,16-17,23,30H,3-4,14-15H2,1-2H3. The maximum atomic E-state index is 13.1. The van der Waals surface area contributed by atoms with Crippen molar-refractivity contribution in [1.82, 2.24) is 14.5 Å². The molecule has 7 heteroatoms. The summed E-state index contributed by atoms with van der Waals surface area (Å²) in [6.45, 7) is 3.12. The van der Waals surface area contributed by atoms with Crippen molar-refractivity contribution in [3.05, 3.63) is 89.5 Å². The highest BCUT2D eigenvalue weighted by molar-refractivity contribution is 6.46. The number of aliphatic hydroxyl groups is 1. The van der Waals surface area contributed by atoms with E-state index in [0.29, 0.717) is 30.8 Å². The van der Waals surface area contributed by atoms with E-state index in [1.807, 2.05) is 35.0 Å². The van der Waals surface area contributed by atoms with E-state index in [4.69, 9.17) is 4.74 Å². The molecule has 1 aliphatic rings. The molecule has 0 bridgehead atoms. The smallest absolute Gasteiger partial charge is 0.295 e. The van der Waals surface area contributed by atoms with E-state index in [2.05, 4.69) is 11.9 Å². The van der Waals surface area contributed by atoms with Gasteiger partial charge in [0.25, 0.3) is 11.7 Å². The number of carbonyl (C=O) groups is 2. The molecular formula is C26H27N3O4. The van der Waals surface area contributed by atoms with Gasteiger partial charge in [-0.2, -0.15) is 0 Å². The first-order valence-electron chi connectivity index (χ1n) is 11.0. The molecule has 2 heterocycles. The lowest BCUT2D eigenvalue weighted by molar-refractivity contribution is -0.139. The summed E-state index contributed by atoms with van der Waals surface area (Å²) < 4.78 is 7.11. The molecule has 1 unspecified atom stereocenters. The molecule has 170 valence electrons. The molecule has 3 aromatic rings. The summed E-state index contributed by atoms with van der Waals surface area (Å²) in [6.07, 6.45) is 6.82. The first-order chi connectivity index (χ1) is 16.0. The average Bonchev–Trinajstić information content (AvgIpc) is 3.46. The number of imidazole rings is 1. The number of likely N-dealkylation sites (tertiary alicyclic amines) is 1. The Bertz CT molecular complexity index is 1150. The maximum Gasteiger partial charge on any atom is 0.295 e. The van der Waals surface area contributed by atoms with Crippen LogP contribution < -0.4 is 4.74 Å². The summed E-state index contributed by atoms with van der Waals surface area (Å²) >= 11 is 0. The number of ether oxygens (including phenoxy) is 1. The average molecular weight is 446 g/mol. The molecule has 1 atom stereocenters. The molecule has 1 fully saturated rings. The Balaban J connectivity index is 1.72. The summed E-state index contributed by atoms with van der Waals surface area (Å²) in [6, 6.07) is 14.0. The number of Topliss-reactive ketones (excluding diaryl/α,β-unsaturated/α-hetero) is 1. The number of carbonyl (C=O) groups excluding carboxylic acids is 2. The molecule has 0 spiro atoms. The molecule has 1 aromatic heterocycles. The van der Waals surface area contributed by atoms with Crippen LogP contribution in [0.4, 0.5) is 0 Å². The zero-order valence-corrected chi connectivity index (χ0v) is 18.8. The van der Waals surface area contributed by atoms with Crippen molar-refractivity contribution in [3.8, 4) is 5.75 Å². The monoisotopic (exact) mass is 445 g/mol. The minimum atomic E-state index is -0.671. The maximum absolute atomic E-state index is 13.1. The van der Waals surface area contributed by atoms with E-state index in [-0.39, 0.29) is 11.3 Å². The molecule has 0 aliphatic carbocycles. The van der Waals surface area contributed by atoms with E-state index in [9.17, 15) is 14.7 Å². The number of aromatic nitrogens is 2. The van der Waals surface area contributed by atoms with Gasteiger partial charge in [0.1, 0.15) is 11.5 Å². The number of hydrogen-bond acceptors (Lipinski definition) is 5. The van der Waals surface area contributed by atoms with Crippen LogP contribution in [0, 0.1) is 0 Å². The molecule has 1 aliphatic heterocycles. The molecule has 0 radical (unpaired) electrons. The molecule has 4 rings (SSSR count). The molecule has 1 N–H and O–H groups in total. The molecule has 33 heavy (non-hydrogen) atoms. The lowest BCUT2D eigenvalue weighted by Crippen LogP contribution is -2.31. The summed E-state index contributed by atoms with van der Waals surface area (Å²) in [5.74, 6) is -0.813. The number of rotatable bonds is 8. The van der Waals surface area contributed by atoms with E-state index in [1.165, 1.54) is 0 Å². The van der Waals surface area contributed by atoms with Gasteiger partial charge in [0.15, 0.2) is 0 Å². The van der Waals surface area contributed by atoms with Gasteiger partial charge in [0.05, 0.1) is 25.1 Å². The summed E-state index contributed by atoms with van der Waals surface area (Å²) in [5, 5.41) is 11.1. The van der Waals surface area contributed by atoms with Crippen LogP contribution in [-0.4, -0.2) is 44.9 Å². The number of amides is 1. The Morgan fingerprint density at radius 1 is 1.06 bits per heavy atom. The van der Waals surface area contributed by atoms with Crippen LogP contribution in [0.5, 0.6) is 5.75 Å². The van der Waals surface area contributed by atoms with E-state index < -0.39 is 17.7 Å². The second-order valence-electron chi connectivity index (χ2n) is 7.97. The van der Waals surface area contributed by atoms with Crippen LogP contribution in [0.3, 0.4) is 0 Å². The first-order valence-corrected chi connectivity index (χ1v) is 11.0. The molecule has 0 saturated carbocycles. The van der Waals surface area contributed by atoms with E-state index in [1.54, 1.807) is 48.8 Å². The predicted molar refractivity (Wildman–Crippen MR) is 125 cm³/mol. The zero-order valence-electron chi connectivity index (χ0n) is 18.8. The molecule has 2 aromatic carbocycles.